The summed E-state index contributed by atoms with van der Waals surface area (Å²) < 4.78 is 0. The number of carbonyl (C=O) groups is 1. The number of hydrogen-bond acceptors (Lipinski definition) is 2. The van der Waals surface area contributed by atoms with Crippen LogP contribution in [0.4, 0.5) is 0 Å². The van der Waals surface area contributed by atoms with Gasteiger partial charge in [0.15, 0.2) is 0 Å². The third-order valence-corrected chi connectivity index (χ3v) is 4.05. The molecule has 17 heavy (non-hydrogen) atoms. The molecule has 1 saturated carbocycles. The van der Waals surface area contributed by atoms with E-state index in [1.165, 1.54) is 32.1 Å². The second kappa shape index (κ2) is 5.38. The van der Waals surface area contributed by atoms with Crippen LogP contribution in [0.25, 0.3) is 0 Å². The van der Waals surface area contributed by atoms with E-state index in [-0.39, 0.29) is 11.3 Å². The van der Waals surface area contributed by atoms with E-state index in [1.807, 2.05) is 20.8 Å². The van der Waals surface area contributed by atoms with Gasteiger partial charge >= 0.3 is 0 Å². The molecule has 1 rings (SSSR count). The minimum Gasteiger partial charge on any atom is -0.354 e. The first kappa shape index (κ1) is 14.5. The molecule has 0 bridgehead atoms. The molecule has 1 aliphatic rings. The summed E-state index contributed by atoms with van der Waals surface area (Å²) in [4.78, 5) is 11.9. The van der Waals surface area contributed by atoms with Crippen molar-refractivity contribution in [2.24, 2.45) is 16.6 Å². The highest BCUT2D eigenvalue weighted by atomic mass is 16.2. The Kier molecular flexibility index (Phi) is 4.59. The van der Waals surface area contributed by atoms with Crippen LogP contribution in [-0.4, -0.2) is 18.5 Å². The van der Waals surface area contributed by atoms with Crippen LogP contribution in [0.2, 0.25) is 0 Å². The van der Waals surface area contributed by atoms with Crippen LogP contribution in [0.15, 0.2) is 0 Å². The first-order chi connectivity index (χ1) is 7.81. The molecule has 3 heteroatoms. The van der Waals surface area contributed by atoms with Crippen LogP contribution in [0.1, 0.15) is 59.8 Å². The van der Waals surface area contributed by atoms with E-state index in [1.54, 1.807) is 0 Å². The van der Waals surface area contributed by atoms with Gasteiger partial charge in [0.05, 0.1) is 6.04 Å². The van der Waals surface area contributed by atoms with Gasteiger partial charge in [0.25, 0.3) is 0 Å². The molecule has 1 aliphatic carbocycles. The molecule has 0 heterocycles. The average Bonchev–Trinajstić information content (AvgIpc) is 2.18. The molecule has 0 radical (unpaired) electrons. The van der Waals surface area contributed by atoms with Gasteiger partial charge in [0, 0.05) is 6.54 Å². The van der Waals surface area contributed by atoms with Gasteiger partial charge in [-0.05, 0) is 30.1 Å². The van der Waals surface area contributed by atoms with E-state index in [4.69, 9.17) is 5.73 Å². The molecule has 0 unspecified atom stereocenters. The zero-order chi connectivity index (χ0) is 13.1. The predicted octanol–water partition coefficient (Wildman–Crippen LogP) is 2.45. The number of amides is 1. The second-order valence-corrected chi connectivity index (χ2v) is 6.67. The van der Waals surface area contributed by atoms with E-state index >= 15 is 0 Å². The van der Waals surface area contributed by atoms with Crippen LogP contribution in [0.3, 0.4) is 0 Å². The van der Waals surface area contributed by atoms with Crippen molar-refractivity contribution < 1.29 is 4.79 Å². The minimum absolute atomic E-state index is 0.000113. The standard InChI is InChI=1S/C14H28N2O/c1-5-7-14(8-6-9-14)10-16-12(17)11(15)13(2,3)4/h11H,5-10,15H2,1-4H3,(H,16,17)/t11-/m1/s1. The summed E-state index contributed by atoms with van der Waals surface area (Å²) in [5.74, 6) is -0.000113. The number of carbonyl (C=O) groups excluding carboxylic acids is 1. The second-order valence-electron chi connectivity index (χ2n) is 6.67. The summed E-state index contributed by atoms with van der Waals surface area (Å²) in [7, 11) is 0. The van der Waals surface area contributed by atoms with E-state index < -0.39 is 6.04 Å². The molecule has 0 aromatic carbocycles. The van der Waals surface area contributed by atoms with Crippen LogP contribution in [-0.2, 0) is 4.79 Å². The molecule has 0 aromatic rings. The van der Waals surface area contributed by atoms with Crippen molar-refractivity contribution in [2.75, 3.05) is 6.54 Å². The van der Waals surface area contributed by atoms with Gasteiger partial charge < -0.3 is 11.1 Å². The van der Waals surface area contributed by atoms with Gasteiger partial charge in [-0.1, -0.05) is 40.5 Å². The highest BCUT2D eigenvalue weighted by Crippen LogP contribution is 2.44. The normalized spacial score (nSPS) is 20.5. The monoisotopic (exact) mass is 240 g/mol. The third-order valence-electron chi connectivity index (χ3n) is 4.05. The van der Waals surface area contributed by atoms with Crippen LogP contribution < -0.4 is 11.1 Å². The molecule has 1 atom stereocenters. The quantitative estimate of drug-likeness (QED) is 0.775. The maximum Gasteiger partial charge on any atom is 0.237 e. The SMILES string of the molecule is CCCC1(CNC(=O)[C@@H](N)C(C)(C)C)CCC1. The lowest BCUT2D eigenvalue weighted by Crippen LogP contribution is -2.52. The summed E-state index contributed by atoms with van der Waals surface area (Å²) in [6, 6.07) is -0.416. The van der Waals surface area contributed by atoms with E-state index in [0.717, 1.165) is 6.54 Å². The Balaban J connectivity index is 2.42. The van der Waals surface area contributed by atoms with E-state index in [9.17, 15) is 4.79 Å². The van der Waals surface area contributed by atoms with Gasteiger partial charge in [-0.15, -0.1) is 0 Å². The van der Waals surface area contributed by atoms with Crippen molar-refractivity contribution in [1.82, 2.24) is 5.32 Å². The minimum atomic E-state index is -0.416. The van der Waals surface area contributed by atoms with Gasteiger partial charge in [-0.25, -0.2) is 0 Å². The highest BCUT2D eigenvalue weighted by Gasteiger charge is 2.37. The lowest BCUT2D eigenvalue weighted by molar-refractivity contribution is -0.125. The van der Waals surface area contributed by atoms with Crippen LogP contribution >= 0.6 is 0 Å². The Morgan fingerprint density at radius 3 is 2.35 bits per heavy atom. The molecular weight excluding hydrogens is 212 g/mol. The largest absolute Gasteiger partial charge is 0.354 e. The fourth-order valence-corrected chi connectivity index (χ4v) is 2.50. The Morgan fingerprint density at radius 2 is 2.00 bits per heavy atom. The number of hydrogen-bond donors (Lipinski definition) is 2. The molecule has 3 nitrogen and oxygen atoms in total. The first-order valence-electron chi connectivity index (χ1n) is 6.84. The number of nitrogens with one attached hydrogen (secondary N) is 1. The summed E-state index contributed by atoms with van der Waals surface area (Å²) in [5, 5.41) is 3.05. The van der Waals surface area contributed by atoms with Gasteiger partial charge in [0.2, 0.25) is 5.91 Å². The maximum absolute atomic E-state index is 11.9. The molecule has 1 fully saturated rings. The fourth-order valence-electron chi connectivity index (χ4n) is 2.50. The molecular formula is C14H28N2O. The molecule has 0 aliphatic heterocycles. The van der Waals surface area contributed by atoms with Crippen molar-refractivity contribution in [2.45, 2.75) is 65.8 Å². The van der Waals surface area contributed by atoms with E-state index in [0.29, 0.717) is 5.41 Å². The third kappa shape index (κ3) is 3.70. The first-order valence-corrected chi connectivity index (χ1v) is 6.84. The topological polar surface area (TPSA) is 55.1 Å². The Hall–Kier alpha value is -0.570. The predicted molar refractivity (Wildman–Crippen MR) is 71.6 cm³/mol. The molecule has 0 saturated heterocycles. The van der Waals surface area contributed by atoms with Crippen molar-refractivity contribution >= 4 is 5.91 Å². The zero-order valence-corrected chi connectivity index (χ0v) is 11.8. The summed E-state index contributed by atoms with van der Waals surface area (Å²) in [6.45, 7) is 9.03. The van der Waals surface area contributed by atoms with E-state index in [2.05, 4.69) is 12.2 Å². The average molecular weight is 240 g/mol. The van der Waals surface area contributed by atoms with Crippen molar-refractivity contribution in [3.63, 3.8) is 0 Å². The molecule has 0 spiro atoms. The number of rotatable bonds is 5. The van der Waals surface area contributed by atoms with Gasteiger partial charge in [-0.2, -0.15) is 0 Å². The molecule has 100 valence electrons. The zero-order valence-electron chi connectivity index (χ0n) is 11.8. The van der Waals surface area contributed by atoms with Crippen LogP contribution in [0.5, 0.6) is 0 Å². The molecule has 0 aromatic heterocycles. The lowest BCUT2D eigenvalue weighted by atomic mass is 9.66. The summed E-state index contributed by atoms with van der Waals surface area (Å²) in [6.07, 6.45) is 6.23. The molecule has 3 N–H and O–H groups in total. The Morgan fingerprint density at radius 1 is 1.41 bits per heavy atom. The van der Waals surface area contributed by atoms with Crippen LogP contribution in [0, 0.1) is 10.8 Å². The smallest absolute Gasteiger partial charge is 0.237 e. The summed E-state index contributed by atoms with van der Waals surface area (Å²) in [5.41, 5.74) is 6.16. The Labute approximate surface area is 106 Å². The van der Waals surface area contributed by atoms with Crippen molar-refractivity contribution in [3.8, 4) is 0 Å². The van der Waals surface area contributed by atoms with Gasteiger partial charge in [0.1, 0.15) is 0 Å². The lowest BCUT2D eigenvalue weighted by Gasteiger charge is -2.42. The number of nitrogens with two attached hydrogens (primary N) is 1. The Bertz CT molecular complexity index is 264. The molecule has 1 amide bonds. The highest BCUT2D eigenvalue weighted by molar-refractivity contribution is 5.82. The van der Waals surface area contributed by atoms with Crippen molar-refractivity contribution in [1.29, 1.82) is 0 Å². The fraction of sp³-hybridized carbons (Fsp3) is 0.929. The van der Waals surface area contributed by atoms with Gasteiger partial charge in [-0.3, -0.25) is 4.79 Å². The summed E-state index contributed by atoms with van der Waals surface area (Å²) >= 11 is 0. The maximum atomic E-state index is 11.9. The van der Waals surface area contributed by atoms with Crippen molar-refractivity contribution in [3.05, 3.63) is 0 Å².